The number of fused-ring (bicyclic) bond motifs is 2. The summed E-state index contributed by atoms with van der Waals surface area (Å²) < 4.78 is 6.20. The van der Waals surface area contributed by atoms with E-state index in [1.807, 2.05) is 6.07 Å². The molecule has 5 heteroatoms. The number of nitrogens with zero attached hydrogens (tertiary/aromatic N) is 2. The molecule has 1 spiro atoms. The number of carbonyl (C=O) groups is 1. The van der Waals surface area contributed by atoms with Crippen LogP contribution in [-0.2, 0) is 14.9 Å². The van der Waals surface area contributed by atoms with Gasteiger partial charge in [0, 0.05) is 30.7 Å². The normalized spacial score (nSPS) is 47.5. The summed E-state index contributed by atoms with van der Waals surface area (Å²) in [6.45, 7) is 2.28. The number of rotatable bonds is 0. The molecule has 1 saturated carbocycles. The molecule has 5 heterocycles. The number of aliphatic hydroxyl groups is 1. The quantitative estimate of drug-likeness (QED) is 0.711. The summed E-state index contributed by atoms with van der Waals surface area (Å²) in [5.74, 6) is 0.937. The summed E-state index contributed by atoms with van der Waals surface area (Å²) in [7, 11) is 0. The molecule has 0 radical (unpaired) electrons. The van der Waals surface area contributed by atoms with Crippen molar-refractivity contribution in [2.24, 2.45) is 11.8 Å². The lowest BCUT2D eigenvalue weighted by Crippen LogP contribution is -2.71. The van der Waals surface area contributed by atoms with Gasteiger partial charge in [-0.1, -0.05) is 29.8 Å². The van der Waals surface area contributed by atoms with Crippen molar-refractivity contribution in [3.8, 4) is 0 Å². The SMILES string of the molecule is O=C1CC2OCC=C3CN4CC(O)[C@]56c7ccccc7N1C5C2C3CC46. The average Bonchev–Trinajstić information content (AvgIpc) is 3.05. The standard InChI is InChI=1S/C21H22N2O3/c24-17-10-22-9-11-5-6-26-15-8-18(25)23-14-4-2-1-3-13(14)21(17)16(22)7-12(11)19(15)20(21)23/h1-5,12,15-17,19-20,24H,6-10H2/t12?,15?,16?,17?,19?,20?,21-/m1/s1. The van der Waals surface area contributed by atoms with E-state index in [0.717, 1.165) is 18.7 Å². The Labute approximate surface area is 152 Å². The third kappa shape index (κ3) is 1.33. The summed E-state index contributed by atoms with van der Waals surface area (Å²) >= 11 is 0. The van der Waals surface area contributed by atoms with Crippen molar-refractivity contribution >= 4 is 11.6 Å². The second-order valence-corrected chi connectivity index (χ2v) is 8.89. The molecule has 1 aromatic carbocycles. The Morgan fingerprint density at radius 1 is 1.27 bits per heavy atom. The Bertz CT molecular complexity index is 882. The van der Waals surface area contributed by atoms with Crippen molar-refractivity contribution in [1.29, 1.82) is 0 Å². The highest BCUT2D eigenvalue weighted by Crippen LogP contribution is 2.65. The molecule has 134 valence electrons. The first-order valence-electron chi connectivity index (χ1n) is 9.85. The molecule has 7 rings (SSSR count). The number of aliphatic hydroxyl groups excluding tert-OH is 1. The van der Waals surface area contributed by atoms with Crippen molar-refractivity contribution in [1.82, 2.24) is 4.90 Å². The van der Waals surface area contributed by atoms with Crippen LogP contribution in [0, 0.1) is 11.8 Å². The fourth-order valence-corrected chi connectivity index (χ4v) is 7.55. The van der Waals surface area contributed by atoms with Gasteiger partial charge in [0.15, 0.2) is 0 Å². The molecule has 0 aromatic heterocycles. The van der Waals surface area contributed by atoms with Gasteiger partial charge >= 0.3 is 0 Å². The van der Waals surface area contributed by atoms with Crippen LogP contribution in [0.15, 0.2) is 35.9 Å². The number of hydrogen-bond acceptors (Lipinski definition) is 4. The zero-order chi connectivity index (χ0) is 17.2. The Hall–Kier alpha value is -1.69. The topological polar surface area (TPSA) is 53.0 Å². The van der Waals surface area contributed by atoms with E-state index < -0.39 is 6.10 Å². The zero-order valence-electron chi connectivity index (χ0n) is 14.5. The van der Waals surface area contributed by atoms with Crippen LogP contribution >= 0.6 is 0 Å². The van der Waals surface area contributed by atoms with Crippen LogP contribution in [0.1, 0.15) is 18.4 Å². The van der Waals surface area contributed by atoms with E-state index in [0.29, 0.717) is 37.5 Å². The van der Waals surface area contributed by atoms with Crippen LogP contribution < -0.4 is 4.90 Å². The minimum atomic E-state index is -0.433. The van der Waals surface area contributed by atoms with Crippen LogP contribution in [0.25, 0.3) is 0 Å². The minimum Gasteiger partial charge on any atom is -0.391 e. The maximum atomic E-state index is 13.2. The van der Waals surface area contributed by atoms with Gasteiger partial charge in [0.05, 0.1) is 36.7 Å². The van der Waals surface area contributed by atoms with Gasteiger partial charge in [0.2, 0.25) is 5.91 Å². The van der Waals surface area contributed by atoms with Gasteiger partial charge in [-0.15, -0.1) is 0 Å². The molecule has 26 heavy (non-hydrogen) atoms. The molecule has 6 aliphatic rings. The molecule has 5 aliphatic heterocycles. The van der Waals surface area contributed by atoms with E-state index in [-0.39, 0.29) is 23.5 Å². The second kappa shape index (κ2) is 4.41. The van der Waals surface area contributed by atoms with Gasteiger partial charge in [-0.05, 0) is 24.0 Å². The third-order valence-electron chi connectivity index (χ3n) is 8.25. The number of piperidine rings is 2. The Morgan fingerprint density at radius 2 is 2.15 bits per heavy atom. The maximum Gasteiger partial charge on any atom is 0.229 e. The molecule has 5 nitrogen and oxygen atoms in total. The molecule has 6 unspecified atom stereocenters. The maximum absolute atomic E-state index is 13.2. The monoisotopic (exact) mass is 350 g/mol. The lowest BCUT2D eigenvalue weighted by atomic mass is 9.53. The van der Waals surface area contributed by atoms with Gasteiger partial charge in [-0.25, -0.2) is 0 Å². The molecule has 1 amide bonds. The van der Waals surface area contributed by atoms with Gasteiger partial charge in [-0.3, -0.25) is 9.69 Å². The predicted molar refractivity (Wildman–Crippen MR) is 94.8 cm³/mol. The number of amides is 1. The number of carbonyl (C=O) groups excluding carboxylic acids is 1. The summed E-state index contributed by atoms with van der Waals surface area (Å²) in [6.07, 6.45) is 3.35. The highest BCUT2D eigenvalue weighted by Gasteiger charge is 2.73. The molecule has 2 bridgehead atoms. The van der Waals surface area contributed by atoms with E-state index in [2.05, 4.69) is 34.1 Å². The largest absolute Gasteiger partial charge is 0.391 e. The molecule has 1 aromatic rings. The van der Waals surface area contributed by atoms with Crippen LogP contribution in [-0.4, -0.2) is 59.9 Å². The van der Waals surface area contributed by atoms with Crippen molar-refractivity contribution in [3.05, 3.63) is 41.5 Å². The van der Waals surface area contributed by atoms with Gasteiger partial charge in [0.1, 0.15) is 0 Å². The lowest BCUT2D eigenvalue weighted by molar-refractivity contribution is -0.133. The van der Waals surface area contributed by atoms with Crippen molar-refractivity contribution < 1.29 is 14.6 Å². The smallest absolute Gasteiger partial charge is 0.229 e. The van der Waals surface area contributed by atoms with E-state index in [9.17, 15) is 9.90 Å². The Morgan fingerprint density at radius 3 is 3.08 bits per heavy atom. The molecule has 4 fully saturated rings. The van der Waals surface area contributed by atoms with Crippen LogP contribution in [0.3, 0.4) is 0 Å². The van der Waals surface area contributed by atoms with E-state index >= 15 is 0 Å². The lowest BCUT2D eigenvalue weighted by Gasteiger charge is -2.59. The zero-order valence-corrected chi connectivity index (χ0v) is 14.5. The van der Waals surface area contributed by atoms with Gasteiger partial charge < -0.3 is 14.7 Å². The van der Waals surface area contributed by atoms with Crippen LogP contribution in [0.5, 0.6) is 0 Å². The van der Waals surface area contributed by atoms with Crippen molar-refractivity contribution in [2.45, 2.75) is 42.5 Å². The highest BCUT2D eigenvalue weighted by molar-refractivity contribution is 5.99. The van der Waals surface area contributed by atoms with E-state index in [1.54, 1.807) is 0 Å². The second-order valence-electron chi connectivity index (χ2n) is 8.89. The fourth-order valence-electron chi connectivity index (χ4n) is 7.55. The highest BCUT2D eigenvalue weighted by atomic mass is 16.5. The first-order valence-corrected chi connectivity index (χ1v) is 9.85. The van der Waals surface area contributed by atoms with Crippen LogP contribution in [0.4, 0.5) is 5.69 Å². The first-order chi connectivity index (χ1) is 12.7. The Balaban J connectivity index is 1.57. The summed E-state index contributed by atoms with van der Waals surface area (Å²) in [6, 6.07) is 8.66. The van der Waals surface area contributed by atoms with E-state index in [4.69, 9.17) is 4.74 Å². The van der Waals surface area contributed by atoms with Crippen molar-refractivity contribution in [3.63, 3.8) is 0 Å². The van der Waals surface area contributed by atoms with Crippen molar-refractivity contribution in [2.75, 3.05) is 24.6 Å². The molecular formula is C21H22N2O3. The number of benzene rings is 1. The first kappa shape index (κ1) is 14.4. The van der Waals surface area contributed by atoms with E-state index in [1.165, 1.54) is 11.1 Å². The average molecular weight is 350 g/mol. The van der Waals surface area contributed by atoms with Gasteiger partial charge in [0.25, 0.3) is 0 Å². The number of hydrogen-bond donors (Lipinski definition) is 1. The summed E-state index contributed by atoms with van der Waals surface area (Å²) in [5, 5.41) is 11.4. The van der Waals surface area contributed by atoms with Crippen LogP contribution in [0.2, 0.25) is 0 Å². The third-order valence-corrected chi connectivity index (χ3v) is 8.25. The fraction of sp³-hybridized carbons (Fsp3) is 0.571. The summed E-state index contributed by atoms with van der Waals surface area (Å²) in [5.41, 5.74) is 3.34. The minimum absolute atomic E-state index is 0.0195. The molecule has 1 N–H and O–H groups in total. The molecule has 7 atom stereocenters. The number of para-hydroxylation sites is 1. The molecular weight excluding hydrogens is 328 g/mol. The summed E-state index contributed by atoms with van der Waals surface area (Å²) in [4.78, 5) is 17.7. The number of anilines is 1. The Kier molecular flexibility index (Phi) is 2.44. The number of ether oxygens (including phenoxy) is 1. The molecule has 1 aliphatic carbocycles. The molecule has 3 saturated heterocycles. The van der Waals surface area contributed by atoms with Gasteiger partial charge in [-0.2, -0.15) is 0 Å². The predicted octanol–water partition coefficient (Wildman–Crippen LogP) is 1.06.